The number of benzene rings is 1. The number of carbonyl (C=O) groups excluding carboxylic acids is 3. The first-order valence-electron chi connectivity index (χ1n) is 10.4. The summed E-state index contributed by atoms with van der Waals surface area (Å²) in [4.78, 5) is 46.2. The summed E-state index contributed by atoms with van der Waals surface area (Å²) >= 11 is 6.00. The van der Waals surface area contributed by atoms with E-state index >= 15 is 0 Å². The molecular weight excluding hydrogens is 436 g/mol. The van der Waals surface area contributed by atoms with Crippen molar-refractivity contribution in [3.05, 3.63) is 59.0 Å². The van der Waals surface area contributed by atoms with Crippen LogP contribution >= 0.6 is 11.6 Å². The number of ether oxygens (including phenoxy) is 1. The van der Waals surface area contributed by atoms with Crippen molar-refractivity contribution in [3.63, 3.8) is 0 Å². The molecule has 3 heterocycles. The second-order valence-corrected chi connectivity index (χ2v) is 7.86. The third-order valence-corrected chi connectivity index (χ3v) is 5.70. The molecule has 2 aromatic rings. The fourth-order valence-corrected chi connectivity index (χ4v) is 3.93. The van der Waals surface area contributed by atoms with Crippen LogP contribution in [0.1, 0.15) is 29.1 Å². The molecule has 1 aromatic heterocycles. The number of piperazine rings is 1. The molecule has 0 aliphatic carbocycles. The van der Waals surface area contributed by atoms with Gasteiger partial charge >= 0.3 is 5.97 Å². The molecule has 0 unspecified atom stereocenters. The van der Waals surface area contributed by atoms with Crippen LogP contribution in [0.3, 0.4) is 0 Å². The Bertz CT molecular complexity index is 1010. The number of halogens is 1. The molecular formula is C22H23ClN4O5. The lowest BCUT2D eigenvalue weighted by Gasteiger charge is -2.38. The molecule has 2 amide bonds. The third-order valence-electron chi connectivity index (χ3n) is 5.45. The second kappa shape index (κ2) is 9.44. The lowest BCUT2D eigenvalue weighted by atomic mass is 9.91. The number of hydrogen-bond acceptors (Lipinski definition) is 7. The number of esters is 1. The fraction of sp³-hybridized carbons (Fsp3) is 0.364. The molecule has 0 spiro atoms. The van der Waals surface area contributed by atoms with E-state index in [2.05, 4.69) is 5.32 Å². The predicted octanol–water partition coefficient (Wildman–Crippen LogP) is 2.10. The van der Waals surface area contributed by atoms with E-state index in [9.17, 15) is 14.4 Å². The van der Waals surface area contributed by atoms with Crippen molar-refractivity contribution in [2.24, 2.45) is 10.9 Å². The van der Waals surface area contributed by atoms with Crippen molar-refractivity contribution in [1.29, 1.82) is 0 Å². The summed E-state index contributed by atoms with van der Waals surface area (Å²) in [5.74, 6) is -1.70. The number of nitrogens with zero attached hydrogens (tertiary/aromatic N) is 3. The SMILES string of the molecule is CCOC(=O)[C@@H]1C(=O)NC(N2CCN(C(=O)c3ccco3)CC2)=N[C@H]1c1ccc(Cl)cc1. The molecule has 1 fully saturated rings. The molecule has 0 radical (unpaired) electrons. The Kier molecular flexibility index (Phi) is 6.45. The van der Waals surface area contributed by atoms with Gasteiger partial charge in [0.05, 0.1) is 12.9 Å². The highest BCUT2D eigenvalue weighted by atomic mass is 35.5. The second-order valence-electron chi connectivity index (χ2n) is 7.42. The van der Waals surface area contributed by atoms with Gasteiger partial charge in [-0.15, -0.1) is 0 Å². The average molecular weight is 459 g/mol. The standard InChI is InChI=1S/C22H23ClN4O5/c1-2-31-21(30)17-18(14-5-7-15(23)8-6-14)24-22(25-19(17)28)27-11-9-26(10-12-27)20(29)16-4-3-13-32-16/h3-8,13,17-18H,2,9-12H2,1H3,(H,24,25,28)/t17-,18-/m0/s1. The summed E-state index contributed by atoms with van der Waals surface area (Å²) in [6.45, 7) is 3.70. The summed E-state index contributed by atoms with van der Waals surface area (Å²) in [5, 5.41) is 3.29. The van der Waals surface area contributed by atoms with E-state index < -0.39 is 23.8 Å². The predicted molar refractivity (Wildman–Crippen MR) is 116 cm³/mol. The lowest BCUT2D eigenvalue weighted by molar-refractivity contribution is -0.153. The first-order valence-corrected chi connectivity index (χ1v) is 10.7. The van der Waals surface area contributed by atoms with Crippen LogP contribution in [0.15, 0.2) is 52.1 Å². The number of nitrogens with one attached hydrogen (secondary N) is 1. The number of aliphatic imine (C=N–C) groups is 1. The Morgan fingerprint density at radius 2 is 1.91 bits per heavy atom. The number of carbonyl (C=O) groups is 3. The van der Waals surface area contributed by atoms with E-state index in [0.717, 1.165) is 0 Å². The maximum atomic E-state index is 12.9. The molecule has 168 valence electrons. The molecule has 0 saturated carbocycles. The maximum Gasteiger partial charge on any atom is 0.321 e. The first kappa shape index (κ1) is 21.9. The van der Waals surface area contributed by atoms with Gasteiger partial charge in [0.1, 0.15) is 6.04 Å². The van der Waals surface area contributed by atoms with Crippen molar-refractivity contribution in [1.82, 2.24) is 15.1 Å². The van der Waals surface area contributed by atoms with Crippen molar-refractivity contribution < 1.29 is 23.5 Å². The highest BCUT2D eigenvalue weighted by Crippen LogP contribution is 2.31. The number of amides is 2. The van der Waals surface area contributed by atoms with E-state index in [4.69, 9.17) is 25.7 Å². The summed E-state index contributed by atoms with van der Waals surface area (Å²) in [6.07, 6.45) is 1.46. The zero-order valence-electron chi connectivity index (χ0n) is 17.5. The summed E-state index contributed by atoms with van der Waals surface area (Å²) in [5.41, 5.74) is 0.687. The molecule has 0 bridgehead atoms. The number of hydrogen-bond donors (Lipinski definition) is 1. The first-order chi connectivity index (χ1) is 15.5. The van der Waals surface area contributed by atoms with Crippen LogP contribution in [-0.2, 0) is 14.3 Å². The van der Waals surface area contributed by atoms with E-state index in [1.165, 1.54) is 6.26 Å². The summed E-state index contributed by atoms with van der Waals surface area (Å²) < 4.78 is 10.3. The molecule has 32 heavy (non-hydrogen) atoms. The summed E-state index contributed by atoms with van der Waals surface area (Å²) in [6, 6.07) is 9.45. The highest BCUT2D eigenvalue weighted by molar-refractivity contribution is 6.30. The number of furan rings is 1. The molecule has 1 N–H and O–H groups in total. The van der Waals surface area contributed by atoms with Crippen LogP contribution < -0.4 is 5.32 Å². The highest BCUT2D eigenvalue weighted by Gasteiger charge is 2.42. The van der Waals surface area contributed by atoms with Crippen LogP contribution in [0.5, 0.6) is 0 Å². The Labute approximate surface area is 190 Å². The topological polar surface area (TPSA) is 104 Å². The van der Waals surface area contributed by atoms with Crippen molar-refractivity contribution in [3.8, 4) is 0 Å². The van der Waals surface area contributed by atoms with E-state index in [0.29, 0.717) is 48.5 Å². The minimum Gasteiger partial charge on any atom is -0.465 e. The van der Waals surface area contributed by atoms with Crippen LogP contribution in [0.25, 0.3) is 0 Å². The van der Waals surface area contributed by atoms with Crippen LogP contribution in [0.4, 0.5) is 0 Å². The van der Waals surface area contributed by atoms with Gasteiger partial charge < -0.3 is 19.0 Å². The smallest absolute Gasteiger partial charge is 0.321 e. The third kappa shape index (κ3) is 4.47. The Balaban J connectivity index is 1.54. The molecule has 9 nitrogen and oxygen atoms in total. The minimum absolute atomic E-state index is 0.165. The van der Waals surface area contributed by atoms with Crippen molar-refractivity contribution in [2.75, 3.05) is 32.8 Å². The normalized spacial score (nSPS) is 21.1. The zero-order chi connectivity index (χ0) is 22.7. The minimum atomic E-state index is -1.10. The number of guanidine groups is 1. The average Bonchev–Trinajstić information content (AvgIpc) is 3.34. The summed E-state index contributed by atoms with van der Waals surface area (Å²) in [7, 11) is 0. The quantitative estimate of drug-likeness (QED) is 0.555. The van der Waals surface area contributed by atoms with Gasteiger partial charge in [0.15, 0.2) is 11.7 Å². The van der Waals surface area contributed by atoms with E-state index in [1.54, 1.807) is 48.2 Å². The van der Waals surface area contributed by atoms with Crippen molar-refractivity contribution in [2.45, 2.75) is 13.0 Å². The largest absolute Gasteiger partial charge is 0.465 e. The molecule has 1 saturated heterocycles. The van der Waals surface area contributed by atoms with Gasteiger partial charge in [-0.1, -0.05) is 23.7 Å². The van der Waals surface area contributed by atoms with Crippen molar-refractivity contribution >= 4 is 35.3 Å². The Morgan fingerprint density at radius 1 is 1.19 bits per heavy atom. The lowest BCUT2D eigenvalue weighted by Crippen LogP contribution is -2.58. The molecule has 2 atom stereocenters. The van der Waals surface area contributed by atoms with Gasteiger partial charge in [0.25, 0.3) is 5.91 Å². The molecule has 4 rings (SSSR count). The van der Waals surface area contributed by atoms with Crippen LogP contribution in [-0.4, -0.2) is 66.3 Å². The Morgan fingerprint density at radius 3 is 2.53 bits per heavy atom. The fourth-order valence-electron chi connectivity index (χ4n) is 3.80. The molecule has 1 aromatic carbocycles. The van der Waals surface area contributed by atoms with Gasteiger partial charge in [0.2, 0.25) is 11.9 Å². The monoisotopic (exact) mass is 458 g/mol. The van der Waals surface area contributed by atoms with Gasteiger partial charge in [-0.2, -0.15) is 0 Å². The van der Waals surface area contributed by atoms with Crippen LogP contribution in [0, 0.1) is 5.92 Å². The van der Waals surface area contributed by atoms with Gasteiger partial charge in [0, 0.05) is 31.2 Å². The van der Waals surface area contributed by atoms with E-state index in [1.807, 2.05) is 4.90 Å². The molecule has 2 aliphatic heterocycles. The van der Waals surface area contributed by atoms with Gasteiger partial charge in [-0.05, 0) is 36.8 Å². The molecule has 10 heteroatoms. The van der Waals surface area contributed by atoms with Crippen LogP contribution in [0.2, 0.25) is 5.02 Å². The molecule has 2 aliphatic rings. The maximum absolute atomic E-state index is 12.9. The zero-order valence-corrected chi connectivity index (χ0v) is 18.2. The van der Waals surface area contributed by atoms with Gasteiger partial charge in [-0.25, -0.2) is 4.99 Å². The van der Waals surface area contributed by atoms with E-state index in [-0.39, 0.29) is 12.5 Å². The Hall–Kier alpha value is -3.33. The number of rotatable bonds is 4. The van der Waals surface area contributed by atoms with Gasteiger partial charge in [-0.3, -0.25) is 19.7 Å².